The molecule has 1 fully saturated rings. The molecule has 1 aliphatic heterocycles. The molecule has 0 aromatic heterocycles. The van der Waals surface area contributed by atoms with Crippen LogP contribution in [0.25, 0.3) is 0 Å². The van der Waals surface area contributed by atoms with Gasteiger partial charge < -0.3 is 4.90 Å². The fourth-order valence-electron chi connectivity index (χ4n) is 2.55. The zero-order chi connectivity index (χ0) is 12.6. The van der Waals surface area contributed by atoms with Crippen molar-refractivity contribution in [1.82, 2.24) is 4.90 Å². The van der Waals surface area contributed by atoms with Crippen LogP contribution in [-0.2, 0) is 0 Å². The monoisotopic (exact) mass is 295 g/mol. The Kier molecular flexibility index (Phi) is 3.57. The van der Waals surface area contributed by atoms with Gasteiger partial charge in [-0.2, -0.15) is 0 Å². The summed E-state index contributed by atoms with van der Waals surface area (Å²) in [6.07, 6.45) is 1.11. The van der Waals surface area contributed by atoms with Gasteiger partial charge in [-0.1, -0.05) is 19.1 Å². The Balaban J connectivity index is 2.29. The van der Waals surface area contributed by atoms with E-state index >= 15 is 0 Å². The number of aryl methyl sites for hydroxylation is 1. The van der Waals surface area contributed by atoms with E-state index in [0.29, 0.717) is 12.0 Å². The number of benzene rings is 1. The first kappa shape index (κ1) is 12.6. The summed E-state index contributed by atoms with van der Waals surface area (Å²) in [6.45, 7) is 7.22. The first-order chi connectivity index (χ1) is 8.00. The van der Waals surface area contributed by atoms with E-state index in [2.05, 4.69) is 29.8 Å². The molecule has 1 aliphatic rings. The van der Waals surface area contributed by atoms with Crippen molar-refractivity contribution < 1.29 is 4.79 Å². The minimum Gasteiger partial charge on any atom is -0.336 e. The van der Waals surface area contributed by atoms with Gasteiger partial charge >= 0.3 is 0 Å². The van der Waals surface area contributed by atoms with E-state index in [4.69, 9.17) is 0 Å². The van der Waals surface area contributed by atoms with Gasteiger partial charge in [0.1, 0.15) is 0 Å². The maximum atomic E-state index is 12.5. The molecule has 1 aromatic rings. The lowest BCUT2D eigenvalue weighted by atomic mass is 10.1. The summed E-state index contributed by atoms with van der Waals surface area (Å²) in [5, 5.41) is 0. The summed E-state index contributed by atoms with van der Waals surface area (Å²) in [5.41, 5.74) is 1.89. The SMILES string of the molecule is Cc1cccc(C(=O)N2CC(C)CC2C)c1Br. The van der Waals surface area contributed by atoms with E-state index < -0.39 is 0 Å². The molecule has 2 unspecified atom stereocenters. The van der Waals surface area contributed by atoms with Crippen molar-refractivity contribution in [3.05, 3.63) is 33.8 Å². The number of halogens is 1. The molecule has 1 aromatic carbocycles. The third-order valence-electron chi connectivity index (χ3n) is 3.47. The normalized spacial score (nSPS) is 24.1. The van der Waals surface area contributed by atoms with Gasteiger partial charge in [0.25, 0.3) is 5.91 Å². The molecule has 3 heteroatoms. The van der Waals surface area contributed by atoms with Gasteiger partial charge in [0.15, 0.2) is 0 Å². The van der Waals surface area contributed by atoms with Crippen LogP contribution in [0.5, 0.6) is 0 Å². The van der Waals surface area contributed by atoms with Gasteiger partial charge in [0.05, 0.1) is 5.56 Å². The van der Waals surface area contributed by atoms with E-state index in [-0.39, 0.29) is 5.91 Å². The lowest BCUT2D eigenvalue weighted by molar-refractivity contribution is 0.0742. The van der Waals surface area contributed by atoms with Crippen molar-refractivity contribution >= 4 is 21.8 Å². The van der Waals surface area contributed by atoms with Crippen molar-refractivity contribution in [2.45, 2.75) is 33.2 Å². The molecule has 92 valence electrons. The summed E-state index contributed by atoms with van der Waals surface area (Å²) in [6, 6.07) is 6.20. The number of amides is 1. The zero-order valence-corrected chi connectivity index (χ0v) is 12.1. The molecule has 1 heterocycles. The molecular formula is C14H18BrNO. The van der Waals surface area contributed by atoms with E-state index in [1.54, 1.807) is 0 Å². The van der Waals surface area contributed by atoms with Crippen molar-refractivity contribution in [3.63, 3.8) is 0 Å². The Morgan fingerprint density at radius 2 is 2.12 bits per heavy atom. The number of likely N-dealkylation sites (tertiary alicyclic amines) is 1. The molecule has 2 atom stereocenters. The molecular weight excluding hydrogens is 278 g/mol. The average molecular weight is 296 g/mol. The Hall–Kier alpha value is -0.830. The van der Waals surface area contributed by atoms with Crippen LogP contribution < -0.4 is 0 Å². The van der Waals surface area contributed by atoms with Crippen molar-refractivity contribution in [2.24, 2.45) is 5.92 Å². The van der Waals surface area contributed by atoms with Crippen LogP contribution in [0.4, 0.5) is 0 Å². The molecule has 1 saturated heterocycles. The second-order valence-electron chi connectivity index (χ2n) is 5.08. The molecule has 17 heavy (non-hydrogen) atoms. The van der Waals surface area contributed by atoms with Gasteiger partial charge in [-0.15, -0.1) is 0 Å². The Morgan fingerprint density at radius 3 is 2.71 bits per heavy atom. The molecule has 1 amide bonds. The molecule has 2 rings (SSSR count). The third kappa shape index (κ3) is 2.39. The lowest BCUT2D eigenvalue weighted by Gasteiger charge is -2.22. The molecule has 0 bridgehead atoms. The first-order valence-corrected chi connectivity index (χ1v) is 6.86. The van der Waals surface area contributed by atoms with E-state index in [1.807, 2.05) is 30.0 Å². The number of carbonyl (C=O) groups excluding carboxylic acids is 1. The van der Waals surface area contributed by atoms with E-state index in [1.165, 1.54) is 0 Å². The summed E-state index contributed by atoms with van der Waals surface area (Å²) >= 11 is 3.52. The smallest absolute Gasteiger partial charge is 0.255 e. The largest absolute Gasteiger partial charge is 0.336 e. The second-order valence-corrected chi connectivity index (χ2v) is 5.88. The molecule has 0 saturated carbocycles. The van der Waals surface area contributed by atoms with Crippen LogP contribution in [0.3, 0.4) is 0 Å². The highest BCUT2D eigenvalue weighted by molar-refractivity contribution is 9.10. The number of rotatable bonds is 1. The number of hydrogen-bond donors (Lipinski definition) is 0. The van der Waals surface area contributed by atoms with Crippen LogP contribution in [-0.4, -0.2) is 23.4 Å². The topological polar surface area (TPSA) is 20.3 Å². The fraction of sp³-hybridized carbons (Fsp3) is 0.500. The number of hydrogen-bond acceptors (Lipinski definition) is 1. The molecule has 0 spiro atoms. The summed E-state index contributed by atoms with van der Waals surface area (Å²) < 4.78 is 0.928. The van der Waals surface area contributed by atoms with Gasteiger partial charge in [0.2, 0.25) is 0 Å². The minimum atomic E-state index is 0.150. The predicted octanol–water partition coefficient (Wildman–Crippen LogP) is 3.63. The number of carbonyl (C=O) groups is 1. The molecule has 0 radical (unpaired) electrons. The summed E-state index contributed by atoms with van der Waals surface area (Å²) in [5.74, 6) is 0.759. The van der Waals surface area contributed by atoms with Crippen molar-refractivity contribution in [3.8, 4) is 0 Å². The van der Waals surface area contributed by atoms with Crippen LogP contribution in [0.15, 0.2) is 22.7 Å². The van der Waals surface area contributed by atoms with E-state index in [9.17, 15) is 4.79 Å². The zero-order valence-electron chi connectivity index (χ0n) is 10.5. The Morgan fingerprint density at radius 1 is 1.41 bits per heavy atom. The fourth-order valence-corrected chi connectivity index (χ4v) is 2.98. The van der Waals surface area contributed by atoms with Crippen LogP contribution in [0, 0.1) is 12.8 Å². The summed E-state index contributed by atoms with van der Waals surface area (Å²) in [7, 11) is 0. The standard InChI is InChI=1S/C14H18BrNO/c1-9-7-11(3)16(8-9)14(17)12-6-4-5-10(2)13(12)15/h4-6,9,11H,7-8H2,1-3H3. The predicted molar refractivity (Wildman–Crippen MR) is 73.2 cm³/mol. The van der Waals surface area contributed by atoms with Gasteiger partial charge in [0, 0.05) is 17.1 Å². The third-order valence-corrected chi connectivity index (χ3v) is 4.52. The highest BCUT2D eigenvalue weighted by atomic mass is 79.9. The Bertz CT molecular complexity index is 444. The minimum absolute atomic E-state index is 0.150. The first-order valence-electron chi connectivity index (χ1n) is 6.06. The highest BCUT2D eigenvalue weighted by Crippen LogP contribution is 2.28. The number of nitrogens with zero attached hydrogens (tertiary/aromatic N) is 1. The molecule has 0 aliphatic carbocycles. The lowest BCUT2D eigenvalue weighted by Crippen LogP contribution is -2.34. The second kappa shape index (κ2) is 4.81. The highest BCUT2D eigenvalue weighted by Gasteiger charge is 2.31. The van der Waals surface area contributed by atoms with Gasteiger partial charge in [-0.05, 0) is 53.7 Å². The van der Waals surface area contributed by atoms with E-state index in [0.717, 1.165) is 28.6 Å². The van der Waals surface area contributed by atoms with Crippen LogP contribution in [0.2, 0.25) is 0 Å². The van der Waals surface area contributed by atoms with Crippen molar-refractivity contribution in [2.75, 3.05) is 6.54 Å². The van der Waals surface area contributed by atoms with Crippen molar-refractivity contribution in [1.29, 1.82) is 0 Å². The summed E-state index contributed by atoms with van der Waals surface area (Å²) in [4.78, 5) is 14.5. The maximum Gasteiger partial charge on any atom is 0.255 e. The molecule has 2 nitrogen and oxygen atoms in total. The van der Waals surface area contributed by atoms with Crippen LogP contribution >= 0.6 is 15.9 Å². The van der Waals surface area contributed by atoms with Crippen LogP contribution in [0.1, 0.15) is 36.2 Å². The van der Waals surface area contributed by atoms with Gasteiger partial charge in [-0.25, -0.2) is 0 Å². The average Bonchev–Trinajstić information content (AvgIpc) is 2.61. The Labute approximate surface area is 111 Å². The van der Waals surface area contributed by atoms with Gasteiger partial charge in [-0.3, -0.25) is 4.79 Å². The quantitative estimate of drug-likeness (QED) is 0.775. The maximum absolute atomic E-state index is 12.5. The molecule has 0 N–H and O–H groups in total.